The molecule has 2 atom stereocenters. The quantitative estimate of drug-likeness (QED) is 0.577. The Kier molecular flexibility index (Phi) is 5.63. The molecule has 1 amide bonds. The maximum atomic E-state index is 12.7. The zero-order valence-electron chi connectivity index (χ0n) is 17.0. The number of benzene rings is 2. The summed E-state index contributed by atoms with van der Waals surface area (Å²) in [5.74, 6) is 2.13. The normalized spacial score (nSPS) is 17.3. The van der Waals surface area contributed by atoms with E-state index in [4.69, 9.17) is 25.6 Å². The molecule has 2 aromatic carbocycles. The molecule has 1 aromatic heterocycles. The third-order valence-corrected chi connectivity index (χ3v) is 5.63. The Morgan fingerprint density at radius 2 is 1.97 bits per heavy atom. The van der Waals surface area contributed by atoms with Crippen molar-refractivity contribution in [1.82, 2.24) is 15.0 Å². The molecule has 1 aliphatic rings. The number of likely N-dealkylation sites (tertiary alicyclic amines) is 1. The number of carbonyl (C=O) groups is 1. The smallest absolute Gasteiger partial charge is 0.257 e. The summed E-state index contributed by atoms with van der Waals surface area (Å²) in [6.45, 7) is 2.51. The Bertz CT molecular complexity index is 1070. The molecule has 30 heavy (non-hydrogen) atoms. The highest BCUT2D eigenvalue weighted by Gasteiger charge is 2.36. The minimum absolute atomic E-state index is 0.0522. The fourth-order valence-electron chi connectivity index (χ4n) is 3.71. The molecular weight excluding hydrogens is 406 g/mol. The van der Waals surface area contributed by atoms with Crippen molar-refractivity contribution in [1.29, 1.82) is 0 Å². The summed E-state index contributed by atoms with van der Waals surface area (Å²) in [6, 6.07) is 12.8. The van der Waals surface area contributed by atoms with Crippen molar-refractivity contribution >= 4 is 17.5 Å². The minimum atomic E-state index is -0.128. The molecule has 0 saturated carbocycles. The van der Waals surface area contributed by atoms with Crippen molar-refractivity contribution in [3.05, 3.63) is 58.9 Å². The number of amides is 1. The number of methoxy groups -OCH3 is 2. The van der Waals surface area contributed by atoms with Gasteiger partial charge in [-0.05, 0) is 42.8 Å². The monoisotopic (exact) mass is 427 g/mol. The molecule has 7 nitrogen and oxygen atoms in total. The molecule has 1 aliphatic heterocycles. The van der Waals surface area contributed by atoms with E-state index in [2.05, 4.69) is 10.1 Å². The van der Waals surface area contributed by atoms with Crippen molar-refractivity contribution in [2.24, 2.45) is 0 Å². The van der Waals surface area contributed by atoms with Crippen molar-refractivity contribution in [2.75, 3.05) is 20.8 Å². The number of aromatic nitrogens is 2. The molecule has 3 aromatic rings. The first-order valence-electron chi connectivity index (χ1n) is 9.61. The van der Waals surface area contributed by atoms with Crippen LogP contribution in [-0.2, 0) is 4.79 Å². The van der Waals surface area contributed by atoms with Crippen molar-refractivity contribution in [3.63, 3.8) is 0 Å². The van der Waals surface area contributed by atoms with Crippen LogP contribution in [0.1, 0.15) is 36.7 Å². The topological polar surface area (TPSA) is 77.7 Å². The van der Waals surface area contributed by atoms with Gasteiger partial charge < -0.3 is 18.9 Å². The lowest BCUT2D eigenvalue weighted by atomic mass is 10.1. The second-order valence-electron chi connectivity index (χ2n) is 7.21. The van der Waals surface area contributed by atoms with E-state index < -0.39 is 0 Å². The van der Waals surface area contributed by atoms with Gasteiger partial charge in [0.15, 0.2) is 17.3 Å². The molecule has 0 aliphatic carbocycles. The highest BCUT2D eigenvalue weighted by molar-refractivity contribution is 6.30. The van der Waals surface area contributed by atoms with E-state index in [1.165, 1.54) is 0 Å². The molecule has 0 radical (unpaired) electrons. The Hall–Kier alpha value is -3.06. The second-order valence-corrected chi connectivity index (χ2v) is 7.64. The maximum Gasteiger partial charge on any atom is 0.257 e. The SMILES string of the molecule is COc1ccc(C(C)N2CC(c3noc(-c4cccc(Cl)c4)n3)CC2=O)cc1OC. The molecule has 1 fully saturated rings. The fourth-order valence-corrected chi connectivity index (χ4v) is 3.90. The lowest BCUT2D eigenvalue weighted by molar-refractivity contribution is -0.129. The molecule has 0 N–H and O–H groups in total. The van der Waals surface area contributed by atoms with Crippen LogP contribution in [-0.4, -0.2) is 41.7 Å². The lowest BCUT2D eigenvalue weighted by Crippen LogP contribution is -2.28. The van der Waals surface area contributed by atoms with Crippen LogP contribution in [0.3, 0.4) is 0 Å². The summed E-state index contributed by atoms with van der Waals surface area (Å²) in [5, 5.41) is 4.71. The molecule has 0 bridgehead atoms. The summed E-state index contributed by atoms with van der Waals surface area (Å²) in [6.07, 6.45) is 0.339. The highest BCUT2D eigenvalue weighted by atomic mass is 35.5. The fraction of sp³-hybridized carbons (Fsp3) is 0.318. The summed E-state index contributed by atoms with van der Waals surface area (Å²) >= 11 is 6.04. The molecule has 2 heterocycles. The zero-order chi connectivity index (χ0) is 21.3. The van der Waals surface area contributed by atoms with Gasteiger partial charge in [0, 0.05) is 29.5 Å². The first-order chi connectivity index (χ1) is 14.5. The van der Waals surface area contributed by atoms with Gasteiger partial charge >= 0.3 is 0 Å². The summed E-state index contributed by atoms with van der Waals surface area (Å²) in [7, 11) is 3.19. The van der Waals surface area contributed by atoms with E-state index in [1.54, 1.807) is 26.4 Å². The average Bonchev–Trinajstić information content (AvgIpc) is 3.39. The van der Waals surface area contributed by atoms with Crippen LogP contribution in [0.25, 0.3) is 11.5 Å². The largest absolute Gasteiger partial charge is 0.493 e. The summed E-state index contributed by atoms with van der Waals surface area (Å²) in [4.78, 5) is 19.1. The summed E-state index contributed by atoms with van der Waals surface area (Å²) in [5.41, 5.74) is 1.72. The summed E-state index contributed by atoms with van der Waals surface area (Å²) < 4.78 is 16.1. The van der Waals surface area contributed by atoms with Crippen LogP contribution in [0.2, 0.25) is 5.02 Å². The highest BCUT2D eigenvalue weighted by Crippen LogP contribution is 2.36. The van der Waals surface area contributed by atoms with Gasteiger partial charge in [0.05, 0.1) is 20.3 Å². The van der Waals surface area contributed by atoms with E-state index in [1.807, 2.05) is 42.2 Å². The third-order valence-electron chi connectivity index (χ3n) is 5.39. The second kappa shape index (κ2) is 8.36. The van der Waals surface area contributed by atoms with Gasteiger partial charge in [-0.3, -0.25) is 4.79 Å². The van der Waals surface area contributed by atoms with E-state index in [9.17, 15) is 4.79 Å². The molecule has 4 rings (SSSR count). The Labute approximate surface area is 179 Å². The van der Waals surface area contributed by atoms with Crippen LogP contribution in [0.4, 0.5) is 0 Å². The van der Waals surface area contributed by atoms with Gasteiger partial charge in [-0.25, -0.2) is 0 Å². The Balaban J connectivity index is 1.52. The number of carbonyl (C=O) groups excluding carboxylic acids is 1. The molecular formula is C22H22ClN3O4. The van der Waals surface area contributed by atoms with E-state index >= 15 is 0 Å². The van der Waals surface area contributed by atoms with Crippen LogP contribution < -0.4 is 9.47 Å². The van der Waals surface area contributed by atoms with Crippen molar-refractivity contribution < 1.29 is 18.8 Å². The number of hydrogen-bond donors (Lipinski definition) is 0. The number of halogens is 1. The zero-order valence-corrected chi connectivity index (χ0v) is 17.7. The van der Waals surface area contributed by atoms with Gasteiger partial charge in [0.1, 0.15) is 0 Å². The number of nitrogens with zero attached hydrogens (tertiary/aromatic N) is 3. The van der Waals surface area contributed by atoms with E-state index in [0.717, 1.165) is 11.1 Å². The van der Waals surface area contributed by atoms with Crippen LogP contribution in [0.5, 0.6) is 11.5 Å². The standard InChI is InChI=1S/C22H22ClN3O4/c1-13(14-7-8-18(28-2)19(10-14)29-3)26-12-16(11-20(26)27)21-24-22(30-25-21)15-5-4-6-17(23)9-15/h4-10,13,16H,11-12H2,1-3H3. The van der Waals surface area contributed by atoms with Crippen molar-refractivity contribution in [2.45, 2.75) is 25.3 Å². The van der Waals surface area contributed by atoms with Gasteiger partial charge in [-0.15, -0.1) is 0 Å². The van der Waals surface area contributed by atoms with Crippen LogP contribution in [0, 0.1) is 0 Å². The number of hydrogen-bond acceptors (Lipinski definition) is 6. The lowest BCUT2D eigenvalue weighted by Gasteiger charge is -2.25. The van der Waals surface area contributed by atoms with E-state index in [-0.39, 0.29) is 17.9 Å². The molecule has 1 saturated heterocycles. The molecule has 8 heteroatoms. The Morgan fingerprint density at radius 1 is 1.17 bits per heavy atom. The molecule has 2 unspecified atom stereocenters. The molecule has 0 spiro atoms. The number of ether oxygens (including phenoxy) is 2. The van der Waals surface area contributed by atoms with Crippen molar-refractivity contribution in [3.8, 4) is 23.0 Å². The van der Waals surface area contributed by atoms with E-state index in [0.29, 0.717) is 41.2 Å². The van der Waals surface area contributed by atoms with Crippen LogP contribution in [0.15, 0.2) is 47.0 Å². The van der Waals surface area contributed by atoms with Gasteiger partial charge in [0.2, 0.25) is 5.91 Å². The first-order valence-corrected chi connectivity index (χ1v) is 9.99. The van der Waals surface area contributed by atoms with Gasteiger partial charge in [-0.2, -0.15) is 4.98 Å². The van der Waals surface area contributed by atoms with Gasteiger partial charge in [-0.1, -0.05) is 28.9 Å². The van der Waals surface area contributed by atoms with Gasteiger partial charge in [0.25, 0.3) is 5.89 Å². The third kappa shape index (κ3) is 3.85. The predicted molar refractivity (Wildman–Crippen MR) is 112 cm³/mol. The Morgan fingerprint density at radius 3 is 2.70 bits per heavy atom. The molecule has 156 valence electrons. The minimum Gasteiger partial charge on any atom is -0.493 e. The number of rotatable bonds is 6. The van der Waals surface area contributed by atoms with Crippen LogP contribution >= 0.6 is 11.6 Å². The average molecular weight is 428 g/mol. The maximum absolute atomic E-state index is 12.7. The predicted octanol–water partition coefficient (Wildman–Crippen LogP) is 4.48. The first kappa shape index (κ1) is 20.2.